The van der Waals surface area contributed by atoms with Crippen LogP contribution in [0.15, 0.2) is 54.7 Å². The van der Waals surface area contributed by atoms with E-state index >= 15 is 0 Å². The van der Waals surface area contributed by atoms with Crippen LogP contribution in [0.5, 0.6) is 0 Å². The van der Waals surface area contributed by atoms with Crippen molar-refractivity contribution in [3.05, 3.63) is 70.9 Å². The second-order valence-corrected chi connectivity index (χ2v) is 6.34. The standard InChI is InChI=1S/C19H21ClN2O/c1-14(23)10-21-11-16-13-22(19-5-3-2-4-18(16)19)12-15-6-8-17(20)9-7-15/h2-9,13-14,21,23H,10-12H2,1H3/t14-/m1/s1. The second kappa shape index (κ2) is 7.18. The number of aromatic nitrogens is 1. The first kappa shape index (κ1) is 16.1. The molecule has 4 heteroatoms. The Morgan fingerprint density at radius 1 is 1.13 bits per heavy atom. The highest BCUT2D eigenvalue weighted by molar-refractivity contribution is 6.30. The molecule has 0 saturated carbocycles. The number of hydrogen-bond donors (Lipinski definition) is 2. The van der Waals surface area contributed by atoms with E-state index in [-0.39, 0.29) is 6.10 Å². The molecule has 0 aliphatic carbocycles. The number of rotatable bonds is 6. The molecule has 2 aromatic carbocycles. The van der Waals surface area contributed by atoms with Crippen LogP contribution >= 0.6 is 11.6 Å². The molecule has 0 aliphatic rings. The van der Waals surface area contributed by atoms with Crippen molar-refractivity contribution in [1.82, 2.24) is 9.88 Å². The fraction of sp³-hybridized carbons (Fsp3) is 0.263. The Hall–Kier alpha value is -1.81. The molecule has 0 aliphatic heterocycles. The summed E-state index contributed by atoms with van der Waals surface area (Å²) in [6.45, 7) is 3.95. The van der Waals surface area contributed by atoms with Crippen LogP contribution in [0.1, 0.15) is 18.1 Å². The molecule has 1 atom stereocenters. The van der Waals surface area contributed by atoms with Gasteiger partial charge in [0, 0.05) is 41.8 Å². The van der Waals surface area contributed by atoms with E-state index in [0.29, 0.717) is 6.54 Å². The number of aliphatic hydroxyl groups excluding tert-OH is 1. The fourth-order valence-electron chi connectivity index (χ4n) is 2.80. The van der Waals surface area contributed by atoms with Crippen molar-refractivity contribution in [3.8, 4) is 0 Å². The molecule has 3 aromatic rings. The van der Waals surface area contributed by atoms with E-state index in [1.165, 1.54) is 22.0 Å². The van der Waals surface area contributed by atoms with Crippen LogP contribution in [-0.4, -0.2) is 22.3 Å². The molecular weight excluding hydrogens is 308 g/mol. The monoisotopic (exact) mass is 328 g/mol. The normalized spacial score (nSPS) is 12.7. The van der Waals surface area contributed by atoms with Crippen molar-refractivity contribution < 1.29 is 5.11 Å². The van der Waals surface area contributed by atoms with Gasteiger partial charge in [0.1, 0.15) is 0 Å². The summed E-state index contributed by atoms with van der Waals surface area (Å²) in [6, 6.07) is 16.4. The minimum Gasteiger partial charge on any atom is -0.392 e. The summed E-state index contributed by atoms with van der Waals surface area (Å²) in [4.78, 5) is 0. The van der Waals surface area contributed by atoms with E-state index in [0.717, 1.165) is 18.1 Å². The summed E-state index contributed by atoms with van der Waals surface area (Å²) in [5, 5.41) is 14.7. The SMILES string of the molecule is C[C@@H](O)CNCc1cn(Cc2ccc(Cl)cc2)c2ccccc12. The largest absolute Gasteiger partial charge is 0.392 e. The van der Waals surface area contributed by atoms with Gasteiger partial charge in [0.25, 0.3) is 0 Å². The average Bonchev–Trinajstić information content (AvgIpc) is 2.88. The highest BCUT2D eigenvalue weighted by Gasteiger charge is 2.08. The summed E-state index contributed by atoms with van der Waals surface area (Å²) in [6.07, 6.45) is 1.85. The third kappa shape index (κ3) is 3.94. The number of aliphatic hydroxyl groups is 1. The van der Waals surface area contributed by atoms with Gasteiger partial charge in [-0.25, -0.2) is 0 Å². The van der Waals surface area contributed by atoms with E-state index in [1.807, 2.05) is 12.1 Å². The third-order valence-electron chi connectivity index (χ3n) is 3.89. The number of halogens is 1. The van der Waals surface area contributed by atoms with Gasteiger partial charge in [-0.15, -0.1) is 0 Å². The smallest absolute Gasteiger partial charge is 0.0636 e. The lowest BCUT2D eigenvalue weighted by Gasteiger charge is -2.06. The van der Waals surface area contributed by atoms with Gasteiger partial charge in [-0.2, -0.15) is 0 Å². The minimum atomic E-state index is -0.336. The van der Waals surface area contributed by atoms with Gasteiger partial charge in [-0.05, 0) is 36.2 Å². The molecule has 23 heavy (non-hydrogen) atoms. The summed E-state index contributed by atoms with van der Waals surface area (Å²) < 4.78 is 2.26. The Morgan fingerprint density at radius 3 is 2.61 bits per heavy atom. The average molecular weight is 329 g/mol. The zero-order chi connectivity index (χ0) is 16.2. The first-order valence-corrected chi connectivity index (χ1v) is 8.21. The van der Waals surface area contributed by atoms with Gasteiger partial charge in [-0.1, -0.05) is 41.9 Å². The lowest BCUT2D eigenvalue weighted by Crippen LogP contribution is -2.23. The minimum absolute atomic E-state index is 0.336. The van der Waals surface area contributed by atoms with Gasteiger partial charge < -0.3 is 15.0 Å². The summed E-state index contributed by atoms with van der Waals surface area (Å²) in [7, 11) is 0. The number of para-hydroxylation sites is 1. The number of fused-ring (bicyclic) bond motifs is 1. The number of nitrogens with one attached hydrogen (secondary N) is 1. The number of nitrogens with zero attached hydrogens (tertiary/aromatic N) is 1. The Morgan fingerprint density at radius 2 is 1.87 bits per heavy atom. The maximum Gasteiger partial charge on any atom is 0.0636 e. The van der Waals surface area contributed by atoms with Crippen molar-refractivity contribution in [2.45, 2.75) is 26.1 Å². The molecule has 3 nitrogen and oxygen atoms in total. The first-order chi connectivity index (χ1) is 11.1. The predicted octanol–water partition coefficient (Wildman–Crippen LogP) is 3.81. The summed E-state index contributed by atoms with van der Waals surface area (Å²) in [5.41, 5.74) is 3.69. The molecule has 2 N–H and O–H groups in total. The predicted molar refractivity (Wildman–Crippen MR) is 95.9 cm³/mol. The van der Waals surface area contributed by atoms with Crippen molar-refractivity contribution in [2.24, 2.45) is 0 Å². The lowest BCUT2D eigenvalue weighted by molar-refractivity contribution is 0.191. The van der Waals surface area contributed by atoms with Crippen LogP contribution < -0.4 is 5.32 Å². The molecule has 3 rings (SSSR count). The van der Waals surface area contributed by atoms with Gasteiger partial charge in [0.15, 0.2) is 0 Å². The number of hydrogen-bond acceptors (Lipinski definition) is 2. The maximum atomic E-state index is 9.39. The quantitative estimate of drug-likeness (QED) is 0.722. The van der Waals surface area contributed by atoms with Crippen LogP contribution in [0.2, 0.25) is 5.02 Å². The molecule has 0 radical (unpaired) electrons. The zero-order valence-corrected chi connectivity index (χ0v) is 13.9. The molecule has 1 aromatic heterocycles. The van der Waals surface area contributed by atoms with Crippen molar-refractivity contribution in [1.29, 1.82) is 0 Å². The molecular formula is C19H21ClN2O. The van der Waals surface area contributed by atoms with Crippen LogP contribution in [0, 0.1) is 0 Å². The van der Waals surface area contributed by atoms with Crippen molar-refractivity contribution >= 4 is 22.5 Å². The van der Waals surface area contributed by atoms with Gasteiger partial charge >= 0.3 is 0 Å². The molecule has 0 amide bonds. The Balaban J connectivity index is 1.86. The number of benzene rings is 2. The molecule has 0 bridgehead atoms. The van der Waals surface area contributed by atoms with Gasteiger partial charge in [-0.3, -0.25) is 0 Å². The fourth-order valence-corrected chi connectivity index (χ4v) is 2.92. The topological polar surface area (TPSA) is 37.2 Å². The van der Waals surface area contributed by atoms with Gasteiger partial charge in [0.2, 0.25) is 0 Å². The Bertz CT molecular complexity index is 778. The van der Waals surface area contributed by atoms with Crippen molar-refractivity contribution in [2.75, 3.05) is 6.54 Å². The highest BCUT2D eigenvalue weighted by Crippen LogP contribution is 2.22. The molecule has 0 unspecified atom stereocenters. The third-order valence-corrected chi connectivity index (χ3v) is 4.14. The molecule has 0 spiro atoms. The second-order valence-electron chi connectivity index (χ2n) is 5.91. The molecule has 1 heterocycles. The zero-order valence-electron chi connectivity index (χ0n) is 13.2. The summed E-state index contributed by atoms with van der Waals surface area (Å²) in [5.74, 6) is 0. The Kier molecular flexibility index (Phi) is 5.01. The van der Waals surface area contributed by atoms with Gasteiger partial charge in [0.05, 0.1) is 6.10 Å². The lowest BCUT2D eigenvalue weighted by atomic mass is 10.2. The van der Waals surface area contributed by atoms with Crippen LogP contribution in [0.4, 0.5) is 0 Å². The van der Waals surface area contributed by atoms with Crippen LogP contribution in [0.25, 0.3) is 10.9 Å². The first-order valence-electron chi connectivity index (χ1n) is 7.83. The molecule has 120 valence electrons. The molecule has 0 fully saturated rings. The maximum absolute atomic E-state index is 9.39. The van der Waals surface area contributed by atoms with Crippen LogP contribution in [-0.2, 0) is 13.1 Å². The van der Waals surface area contributed by atoms with E-state index in [4.69, 9.17) is 11.6 Å². The van der Waals surface area contributed by atoms with E-state index < -0.39 is 0 Å². The van der Waals surface area contributed by atoms with E-state index in [1.54, 1.807) is 6.92 Å². The van der Waals surface area contributed by atoms with E-state index in [2.05, 4.69) is 52.5 Å². The highest BCUT2D eigenvalue weighted by atomic mass is 35.5. The summed E-state index contributed by atoms with van der Waals surface area (Å²) >= 11 is 5.96. The van der Waals surface area contributed by atoms with Crippen LogP contribution in [0.3, 0.4) is 0 Å². The van der Waals surface area contributed by atoms with Crippen molar-refractivity contribution in [3.63, 3.8) is 0 Å². The van der Waals surface area contributed by atoms with E-state index in [9.17, 15) is 5.11 Å². The molecule has 0 saturated heterocycles. The Labute approximate surface area is 141 Å².